The number of rotatable bonds is 4. The molecule has 23 heavy (non-hydrogen) atoms. The summed E-state index contributed by atoms with van der Waals surface area (Å²) in [5.41, 5.74) is 2.17. The van der Waals surface area contributed by atoms with Crippen molar-refractivity contribution in [3.05, 3.63) is 64.6 Å². The molecule has 0 unspecified atom stereocenters. The first-order valence-electron chi connectivity index (χ1n) is 6.98. The molecule has 2 heterocycles. The van der Waals surface area contributed by atoms with E-state index in [0.29, 0.717) is 10.7 Å². The quantitative estimate of drug-likeness (QED) is 0.798. The summed E-state index contributed by atoms with van der Waals surface area (Å²) in [7, 11) is 0. The molecule has 3 aromatic rings. The first kappa shape index (κ1) is 15.1. The summed E-state index contributed by atoms with van der Waals surface area (Å²) in [4.78, 5) is 23.7. The number of amides is 1. The second-order valence-corrected chi connectivity index (χ2v) is 5.77. The molecule has 0 aliphatic heterocycles. The second kappa shape index (κ2) is 6.53. The van der Waals surface area contributed by atoms with Crippen LogP contribution < -0.4 is 10.9 Å². The molecule has 0 radical (unpaired) electrons. The van der Waals surface area contributed by atoms with Gasteiger partial charge in [-0.05, 0) is 24.5 Å². The van der Waals surface area contributed by atoms with Crippen LogP contribution in [0, 0.1) is 6.92 Å². The first-order valence-corrected chi connectivity index (χ1v) is 7.76. The van der Waals surface area contributed by atoms with E-state index < -0.39 is 0 Å². The third-order valence-corrected chi connectivity index (χ3v) is 3.84. The number of nitrogens with one attached hydrogen (secondary N) is 1. The van der Waals surface area contributed by atoms with Crippen molar-refractivity contribution in [1.82, 2.24) is 14.2 Å². The first-order chi connectivity index (χ1) is 11.1. The maximum absolute atomic E-state index is 12.1. The van der Waals surface area contributed by atoms with Crippen LogP contribution in [0.2, 0.25) is 0 Å². The Morgan fingerprint density at radius 3 is 2.78 bits per heavy atom. The molecule has 0 aliphatic carbocycles. The Kier molecular flexibility index (Phi) is 4.29. The van der Waals surface area contributed by atoms with E-state index in [9.17, 15) is 9.59 Å². The molecular formula is C16H14N4O2S. The molecule has 1 N–H and O–H groups in total. The summed E-state index contributed by atoms with van der Waals surface area (Å²) < 4.78 is 5.46. The summed E-state index contributed by atoms with van der Waals surface area (Å²) in [5, 5.41) is 7.42. The van der Waals surface area contributed by atoms with Gasteiger partial charge in [-0.15, -0.1) is 0 Å². The second-order valence-electron chi connectivity index (χ2n) is 4.96. The fourth-order valence-electron chi connectivity index (χ4n) is 2.06. The normalized spacial score (nSPS) is 10.5. The Balaban J connectivity index is 1.70. The van der Waals surface area contributed by atoms with E-state index in [4.69, 9.17) is 0 Å². The summed E-state index contributed by atoms with van der Waals surface area (Å²) in [6.07, 6.45) is 0. The monoisotopic (exact) mass is 326 g/mol. The highest BCUT2D eigenvalue weighted by Crippen LogP contribution is 2.24. The van der Waals surface area contributed by atoms with Crippen LogP contribution in [0.4, 0.5) is 5.00 Å². The maximum Gasteiger partial charge on any atom is 0.267 e. The standard InChI is InChI=1S/C16H14N4O2S/c1-11-7-8-16(22)20(18-11)10-14(21)17-15-9-13(19-23-15)12-5-3-2-4-6-12/h2-9H,10H2,1H3,(H,17,21). The minimum absolute atomic E-state index is 0.126. The Hall–Kier alpha value is -2.80. The number of carbonyl (C=O) groups is 1. The van der Waals surface area contributed by atoms with Gasteiger partial charge in [0, 0.05) is 17.7 Å². The lowest BCUT2D eigenvalue weighted by atomic mass is 10.2. The van der Waals surface area contributed by atoms with Crippen LogP contribution >= 0.6 is 11.5 Å². The highest BCUT2D eigenvalue weighted by atomic mass is 32.1. The van der Waals surface area contributed by atoms with E-state index in [1.165, 1.54) is 17.6 Å². The van der Waals surface area contributed by atoms with Crippen LogP contribution in [-0.2, 0) is 11.3 Å². The molecule has 3 rings (SSSR count). The van der Waals surface area contributed by atoms with Gasteiger partial charge >= 0.3 is 0 Å². The van der Waals surface area contributed by atoms with Gasteiger partial charge in [0.2, 0.25) is 5.91 Å². The van der Waals surface area contributed by atoms with Gasteiger partial charge in [0.25, 0.3) is 5.56 Å². The predicted molar refractivity (Wildman–Crippen MR) is 89.4 cm³/mol. The molecule has 0 aliphatic rings. The van der Waals surface area contributed by atoms with Crippen LogP contribution in [0.25, 0.3) is 11.3 Å². The van der Waals surface area contributed by atoms with Crippen LogP contribution in [0.1, 0.15) is 5.69 Å². The van der Waals surface area contributed by atoms with Crippen molar-refractivity contribution in [2.24, 2.45) is 0 Å². The molecule has 0 atom stereocenters. The summed E-state index contributed by atoms with van der Waals surface area (Å²) in [6.45, 7) is 1.64. The van der Waals surface area contributed by atoms with Crippen molar-refractivity contribution in [2.45, 2.75) is 13.5 Å². The lowest BCUT2D eigenvalue weighted by Crippen LogP contribution is -2.29. The van der Waals surface area contributed by atoms with E-state index in [0.717, 1.165) is 15.9 Å². The molecule has 0 saturated carbocycles. The number of hydrogen-bond acceptors (Lipinski definition) is 5. The molecule has 2 aromatic heterocycles. The van der Waals surface area contributed by atoms with Gasteiger partial charge in [-0.25, -0.2) is 4.68 Å². The van der Waals surface area contributed by atoms with Gasteiger partial charge in [0.15, 0.2) is 0 Å². The van der Waals surface area contributed by atoms with Crippen molar-refractivity contribution in [2.75, 3.05) is 5.32 Å². The minimum atomic E-state index is -0.312. The Labute approximate surface area is 136 Å². The highest BCUT2D eigenvalue weighted by Gasteiger charge is 2.09. The fraction of sp³-hybridized carbons (Fsp3) is 0.125. The molecular weight excluding hydrogens is 312 g/mol. The third kappa shape index (κ3) is 3.70. The largest absolute Gasteiger partial charge is 0.315 e. The zero-order chi connectivity index (χ0) is 16.2. The molecule has 7 heteroatoms. The van der Waals surface area contributed by atoms with E-state index in [2.05, 4.69) is 14.8 Å². The van der Waals surface area contributed by atoms with Gasteiger partial charge in [-0.2, -0.15) is 9.47 Å². The number of aryl methyl sites for hydroxylation is 1. The molecule has 0 bridgehead atoms. The summed E-state index contributed by atoms with van der Waals surface area (Å²) in [5.74, 6) is -0.312. The average Bonchev–Trinajstić information content (AvgIpc) is 3.00. The summed E-state index contributed by atoms with van der Waals surface area (Å²) in [6, 6.07) is 14.5. The molecule has 1 amide bonds. The van der Waals surface area contributed by atoms with Crippen molar-refractivity contribution < 1.29 is 4.79 Å². The van der Waals surface area contributed by atoms with Crippen LogP contribution in [0.15, 0.2) is 53.3 Å². The van der Waals surface area contributed by atoms with Gasteiger partial charge in [0.1, 0.15) is 11.5 Å². The van der Waals surface area contributed by atoms with Gasteiger partial charge in [0.05, 0.1) is 11.4 Å². The van der Waals surface area contributed by atoms with Gasteiger partial charge in [-0.3, -0.25) is 9.59 Å². The fourth-order valence-corrected chi connectivity index (χ4v) is 2.73. The SMILES string of the molecule is Cc1ccc(=O)n(CC(=O)Nc2cc(-c3ccccc3)ns2)n1. The number of carbonyl (C=O) groups excluding carboxylic acids is 1. The molecule has 1 aromatic carbocycles. The Bertz CT molecular complexity index is 886. The molecule has 0 saturated heterocycles. The number of benzene rings is 1. The number of aromatic nitrogens is 3. The number of hydrogen-bond donors (Lipinski definition) is 1. The molecule has 0 spiro atoms. The molecule has 6 nitrogen and oxygen atoms in total. The summed E-state index contributed by atoms with van der Waals surface area (Å²) >= 11 is 1.20. The lowest BCUT2D eigenvalue weighted by molar-refractivity contribution is -0.117. The number of anilines is 1. The smallest absolute Gasteiger partial charge is 0.267 e. The Morgan fingerprint density at radius 1 is 1.22 bits per heavy atom. The Morgan fingerprint density at radius 2 is 2.00 bits per heavy atom. The van der Waals surface area contributed by atoms with E-state index in [1.807, 2.05) is 36.4 Å². The van der Waals surface area contributed by atoms with Crippen molar-refractivity contribution in [3.63, 3.8) is 0 Å². The number of nitrogens with zero attached hydrogens (tertiary/aromatic N) is 3. The molecule has 116 valence electrons. The van der Waals surface area contributed by atoms with Crippen molar-refractivity contribution in [1.29, 1.82) is 0 Å². The van der Waals surface area contributed by atoms with Crippen molar-refractivity contribution in [3.8, 4) is 11.3 Å². The zero-order valence-electron chi connectivity index (χ0n) is 12.4. The van der Waals surface area contributed by atoms with Gasteiger partial charge < -0.3 is 5.32 Å². The third-order valence-electron chi connectivity index (χ3n) is 3.14. The van der Waals surface area contributed by atoms with E-state index in [-0.39, 0.29) is 18.0 Å². The van der Waals surface area contributed by atoms with Crippen LogP contribution in [0.5, 0.6) is 0 Å². The van der Waals surface area contributed by atoms with E-state index >= 15 is 0 Å². The van der Waals surface area contributed by atoms with Crippen molar-refractivity contribution >= 4 is 22.4 Å². The van der Waals surface area contributed by atoms with Crippen LogP contribution in [0.3, 0.4) is 0 Å². The maximum atomic E-state index is 12.1. The van der Waals surface area contributed by atoms with Gasteiger partial charge in [-0.1, -0.05) is 30.3 Å². The topological polar surface area (TPSA) is 76.9 Å². The predicted octanol–water partition coefficient (Wildman–Crippen LogP) is 2.31. The van der Waals surface area contributed by atoms with E-state index in [1.54, 1.807) is 13.0 Å². The lowest BCUT2D eigenvalue weighted by Gasteiger charge is -2.04. The van der Waals surface area contributed by atoms with Crippen LogP contribution in [-0.4, -0.2) is 20.1 Å². The minimum Gasteiger partial charge on any atom is -0.315 e. The zero-order valence-corrected chi connectivity index (χ0v) is 13.2. The average molecular weight is 326 g/mol. The highest BCUT2D eigenvalue weighted by molar-refractivity contribution is 7.10. The molecule has 0 fully saturated rings.